The van der Waals surface area contributed by atoms with Crippen LogP contribution < -0.4 is 0 Å². The summed E-state index contributed by atoms with van der Waals surface area (Å²) in [6.07, 6.45) is 2.45. The number of hydrogen-bond acceptors (Lipinski definition) is 2. The van der Waals surface area contributed by atoms with Gasteiger partial charge >= 0.3 is 0 Å². The van der Waals surface area contributed by atoms with Crippen LogP contribution in [0, 0.1) is 6.26 Å². The Morgan fingerprint density at radius 1 is 1.57 bits per heavy atom. The summed E-state index contributed by atoms with van der Waals surface area (Å²) in [5.74, 6) is 0. The molecule has 0 bridgehead atoms. The molecule has 0 N–H and O–H groups in total. The lowest BCUT2D eigenvalue weighted by Crippen LogP contribution is -1.55. The van der Waals surface area contributed by atoms with Crippen molar-refractivity contribution in [3.8, 4) is 0 Å². The summed E-state index contributed by atoms with van der Waals surface area (Å²) in [7, 11) is 0. The predicted molar refractivity (Wildman–Crippen MR) is 30.7 cm³/mol. The van der Waals surface area contributed by atoms with Gasteiger partial charge in [-0.1, -0.05) is 5.16 Å². The van der Waals surface area contributed by atoms with Crippen molar-refractivity contribution < 1.29 is 4.52 Å². The van der Waals surface area contributed by atoms with Gasteiger partial charge in [-0.2, -0.15) is 0 Å². The molecule has 0 aromatic carbocycles. The molecule has 0 aliphatic carbocycles. The van der Waals surface area contributed by atoms with Crippen LogP contribution in [-0.4, -0.2) is 5.16 Å². The van der Waals surface area contributed by atoms with E-state index in [1.54, 1.807) is 0 Å². The van der Waals surface area contributed by atoms with Gasteiger partial charge in [0.15, 0.2) is 4.60 Å². The second-order valence-electron chi connectivity index (χ2n) is 0.889. The van der Waals surface area contributed by atoms with Crippen LogP contribution >= 0.6 is 31.9 Å². The second kappa shape index (κ2) is 1.96. The Bertz CT molecular complexity index is 145. The minimum Gasteiger partial charge on any atom is -0.350 e. The van der Waals surface area contributed by atoms with Crippen molar-refractivity contribution >= 4 is 31.9 Å². The largest absolute Gasteiger partial charge is 0.350 e. The molecular formula is C3Br2NO. The highest BCUT2D eigenvalue weighted by molar-refractivity contribution is 9.13. The second-order valence-corrected chi connectivity index (χ2v) is 2.43. The van der Waals surface area contributed by atoms with E-state index < -0.39 is 0 Å². The lowest BCUT2D eigenvalue weighted by Gasteiger charge is -1.68. The maximum absolute atomic E-state index is 4.38. The molecule has 0 spiro atoms. The minimum absolute atomic E-state index is 0.646. The van der Waals surface area contributed by atoms with Gasteiger partial charge in [0.25, 0.3) is 0 Å². The van der Waals surface area contributed by atoms with Gasteiger partial charge in [0.2, 0.25) is 6.26 Å². The van der Waals surface area contributed by atoms with E-state index in [0.29, 0.717) is 9.08 Å². The molecule has 1 radical (unpaired) electrons. The first-order valence-corrected chi connectivity index (χ1v) is 3.07. The van der Waals surface area contributed by atoms with E-state index in [1.165, 1.54) is 0 Å². The normalized spacial score (nSPS) is 9.43. The average molecular weight is 226 g/mol. The summed E-state index contributed by atoms with van der Waals surface area (Å²) in [4.78, 5) is 0. The van der Waals surface area contributed by atoms with Crippen molar-refractivity contribution in [3.05, 3.63) is 15.3 Å². The fraction of sp³-hybridized carbons (Fsp3) is 0. The molecule has 0 aliphatic heterocycles. The molecule has 37 valence electrons. The van der Waals surface area contributed by atoms with E-state index in [1.807, 2.05) is 0 Å². The molecule has 0 saturated heterocycles. The Hall–Kier alpha value is 0.170. The van der Waals surface area contributed by atoms with Crippen molar-refractivity contribution in [3.63, 3.8) is 0 Å². The summed E-state index contributed by atoms with van der Waals surface area (Å²) in [6, 6.07) is 0. The first kappa shape index (κ1) is 5.31. The van der Waals surface area contributed by atoms with Crippen LogP contribution in [-0.2, 0) is 0 Å². The van der Waals surface area contributed by atoms with E-state index in [0.717, 1.165) is 0 Å². The highest BCUT2D eigenvalue weighted by Gasteiger charge is 1.97. The average Bonchev–Trinajstić information content (AvgIpc) is 1.91. The van der Waals surface area contributed by atoms with Crippen LogP contribution in [0.3, 0.4) is 0 Å². The molecule has 0 saturated carbocycles. The van der Waals surface area contributed by atoms with E-state index >= 15 is 0 Å². The zero-order chi connectivity index (χ0) is 5.28. The summed E-state index contributed by atoms with van der Waals surface area (Å²) in [5.41, 5.74) is 0. The summed E-state index contributed by atoms with van der Waals surface area (Å²) in [5, 5.41) is 3.46. The van der Waals surface area contributed by atoms with E-state index in [4.69, 9.17) is 0 Å². The number of nitrogens with zero attached hydrogens (tertiary/aromatic N) is 1. The molecule has 0 fully saturated rings. The standard InChI is InChI=1S/C3Br2NO/c4-2-1-7-6-3(2)5. The maximum atomic E-state index is 4.38. The Morgan fingerprint density at radius 2 is 2.29 bits per heavy atom. The molecule has 4 heteroatoms. The van der Waals surface area contributed by atoms with Crippen molar-refractivity contribution in [2.24, 2.45) is 0 Å². The highest BCUT2D eigenvalue weighted by Crippen LogP contribution is 2.18. The van der Waals surface area contributed by atoms with Gasteiger partial charge in [-0.05, 0) is 31.9 Å². The molecular weight excluding hydrogens is 226 g/mol. The number of hydrogen-bond donors (Lipinski definition) is 0. The molecule has 0 atom stereocenters. The van der Waals surface area contributed by atoms with E-state index in [9.17, 15) is 0 Å². The fourth-order valence-electron chi connectivity index (χ4n) is 0.185. The van der Waals surface area contributed by atoms with Crippen molar-refractivity contribution in [1.29, 1.82) is 0 Å². The van der Waals surface area contributed by atoms with Crippen LogP contribution in [0.15, 0.2) is 13.6 Å². The van der Waals surface area contributed by atoms with Gasteiger partial charge in [0.05, 0.1) is 0 Å². The fourth-order valence-corrected chi connectivity index (χ4v) is 0.483. The number of halogens is 2. The lowest BCUT2D eigenvalue weighted by atomic mass is 10.8. The third-order valence-electron chi connectivity index (χ3n) is 0.442. The third-order valence-corrected chi connectivity index (χ3v) is 2.05. The van der Waals surface area contributed by atoms with Crippen LogP contribution in [0.4, 0.5) is 0 Å². The van der Waals surface area contributed by atoms with Crippen LogP contribution in [0.1, 0.15) is 0 Å². The number of rotatable bonds is 0. The maximum Gasteiger partial charge on any atom is 0.221 e. The van der Waals surface area contributed by atoms with Gasteiger partial charge in [-0.25, -0.2) is 0 Å². The summed E-state index contributed by atoms with van der Waals surface area (Å²) >= 11 is 6.19. The van der Waals surface area contributed by atoms with Crippen molar-refractivity contribution in [1.82, 2.24) is 5.16 Å². The van der Waals surface area contributed by atoms with Crippen LogP contribution in [0.25, 0.3) is 0 Å². The molecule has 1 heterocycles. The van der Waals surface area contributed by atoms with Gasteiger partial charge in [0, 0.05) is 0 Å². The highest BCUT2D eigenvalue weighted by atomic mass is 79.9. The van der Waals surface area contributed by atoms with Gasteiger partial charge in [-0.15, -0.1) is 0 Å². The summed E-state index contributed by atoms with van der Waals surface area (Å²) in [6.45, 7) is 0. The molecule has 1 aromatic rings. The SMILES string of the molecule is Brc1[c]onc1Br. The molecule has 0 amide bonds. The zero-order valence-electron chi connectivity index (χ0n) is 3.11. The van der Waals surface area contributed by atoms with Gasteiger partial charge in [0.1, 0.15) is 4.47 Å². The topological polar surface area (TPSA) is 26.0 Å². The first-order valence-electron chi connectivity index (χ1n) is 1.49. The predicted octanol–water partition coefficient (Wildman–Crippen LogP) is 2.00. The van der Waals surface area contributed by atoms with Crippen molar-refractivity contribution in [2.45, 2.75) is 0 Å². The molecule has 7 heavy (non-hydrogen) atoms. The van der Waals surface area contributed by atoms with Gasteiger partial charge in [-0.3, -0.25) is 0 Å². The first-order chi connectivity index (χ1) is 3.30. The third kappa shape index (κ3) is 1.04. The zero-order valence-corrected chi connectivity index (χ0v) is 6.28. The summed E-state index contributed by atoms with van der Waals surface area (Å²) < 4.78 is 5.74. The van der Waals surface area contributed by atoms with Crippen LogP contribution in [0.5, 0.6) is 0 Å². The monoisotopic (exact) mass is 224 g/mol. The lowest BCUT2D eigenvalue weighted by molar-refractivity contribution is 0.408. The molecule has 1 rings (SSSR count). The molecule has 2 nitrogen and oxygen atoms in total. The van der Waals surface area contributed by atoms with E-state index in [2.05, 4.69) is 47.8 Å². The van der Waals surface area contributed by atoms with Crippen LogP contribution in [0.2, 0.25) is 0 Å². The minimum atomic E-state index is 0.646. The Balaban J connectivity index is 3.12. The van der Waals surface area contributed by atoms with Crippen molar-refractivity contribution in [2.75, 3.05) is 0 Å². The Kier molecular flexibility index (Phi) is 1.49. The Morgan fingerprint density at radius 3 is 2.43 bits per heavy atom. The quantitative estimate of drug-likeness (QED) is 0.675. The van der Waals surface area contributed by atoms with Gasteiger partial charge < -0.3 is 4.52 Å². The van der Waals surface area contributed by atoms with E-state index in [-0.39, 0.29) is 0 Å². The molecule has 0 unspecified atom stereocenters. The molecule has 1 aromatic heterocycles. The Labute approximate surface area is 57.1 Å². The number of aromatic nitrogens is 1. The smallest absolute Gasteiger partial charge is 0.221 e. The molecule has 0 aliphatic rings.